The van der Waals surface area contributed by atoms with Gasteiger partial charge in [-0.05, 0) is 50.3 Å². The Bertz CT molecular complexity index is 870. The summed E-state index contributed by atoms with van der Waals surface area (Å²) in [6.45, 7) is 3.96. The minimum absolute atomic E-state index is 0.0909. The number of rotatable bonds is 6. The summed E-state index contributed by atoms with van der Waals surface area (Å²) in [7, 11) is 0. The lowest BCUT2D eigenvalue weighted by Crippen LogP contribution is -2.07. The van der Waals surface area contributed by atoms with Crippen molar-refractivity contribution < 1.29 is 4.74 Å². The lowest BCUT2D eigenvalue weighted by Gasteiger charge is -2.09. The zero-order chi connectivity index (χ0) is 17.2. The van der Waals surface area contributed by atoms with Crippen LogP contribution < -0.4 is 10.1 Å². The fourth-order valence-electron chi connectivity index (χ4n) is 2.68. The van der Waals surface area contributed by atoms with Crippen molar-refractivity contribution in [1.29, 1.82) is 0 Å². The molecule has 0 amide bonds. The van der Waals surface area contributed by atoms with Gasteiger partial charge in [0.2, 0.25) is 5.88 Å². The van der Waals surface area contributed by atoms with Crippen LogP contribution in [-0.2, 0) is 0 Å². The highest BCUT2D eigenvalue weighted by Crippen LogP contribution is 2.40. The Balaban J connectivity index is 1.51. The monoisotopic (exact) mass is 335 g/mol. The van der Waals surface area contributed by atoms with Crippen molar-refractivity contribution in [2.75, 3.05) is 5.32 Å². The lowest BCUT2D eigenvalue weighted by atomic mass is 10.2. The first kappa shape index (κ1) is 15.6. The van der Waals surface area contributed by atoms with Crippen LogP contribution in [0.4, 0.5) is 11.6 Å². The number of hydrogen-bond acceptors (Lipinski definition) is 5. The van der Waals surface area contributed by atoms with E-state index in [1.54, 1.807) is 6.33 Å². The maximum absolute atomic E-state index is 5.62. The van der Waals surface area contributed by atoms with Gasteiger partial charge in [0, 0.05) is 12.3 Å². The first-order chi connectivity index (χ1) is 12.2. The molecule has 1 saturated carbocycles. The second-order valence-electron chi connectivity index (χ2n) is 6.57. The van der Waals surface area contributed by atoms with Gasteiger partial charge in [-0.3, -0.25) is 4.98 Å². The van der Waals surface area contributed by atoms with Crippen molar-refractivity contribution in [3.05, 3.63) is 54.7 Å². The van der Waals surface area contributed by atoms with Crippen molar-refractivity contribution in [1.82, 2.24) is 19.5 Å². The smallest absolute Gasteiger partial charge is 0.215 e. The standard InChI is InChI=1S/C19H21N5O/c1-13(2)25-19-5-3-4-17(23-19)22-18-11-24(12-21-18)16-8-15(9-20-10-16)14-6-7-14/h3-5,8-14H,6-7H2,1-2H3,(H,22,23). The number of anilines is 2. The molecule has 1 aliphatic carbocycles. The molecule has 0 radical (unpaired) electrons. The maximum Gasteiger partial charge on any atom is 0.215 e. The lowest BCUT2D eigenvalue weighted by molar-refractivity contribution is 0.233. The van der Waals surface area contributed by atoms with E-state index in [0.29, 0.717) is 17.6 Å². The summed E-state index contributed by atoms with van der Waals surface area (Å²) in [4.78, 5) is 13.2. The summed E-state index contributed by atoms with van der Waals surface area (Å²) >= 11 is 0. The van der Waals surface area contributed by atoms with Crippen molar-refractivity contribution in [3.63, 3.8) is 0 Å². The third kappa shape index (κ3) is 3.79. The molecule has 1 aliphatic rings. The van der Waals surface area contributed by atoms with Crippen molar-refractivity contribution in [2.45, 2.75) is 38.7 Å². The van der Waals surface area contributed by atoms with Gasteiger partial charge in [-0.15, -0.1) is 0 Å². The quantitative estimate of drug-likeness (QED) is 0.735. The van der Waals surface area contributed by atoms with E-state index in [4.69, 9.17) is 4.74 Å². The maximum atomic E-state index is 5.62. The highest BCUT2D eigenvalue weighted by Gasteiger charge is 2.24. The molecule has 0 saturated heterocycles. The molecule has 3 heterocycles. The highest BCUT2D eigenvalue weighted by atomic mass is 16.5. The van der Waals surface area contributed by atoms with E-state index in [9.17, 15) is 0 Å². The predicted molar refractivity (Wildman–Crippen MR) is 96.6 cm³/mol. The minimum atomic E-state index is 0.0909. The van der Waals surface area contributed by atoms with Gasteiger partial charge < -0.3 is 14.6 Å². The van der Waals surface area contributed by atoms with E-state index in [1.807, 2.05) is 55.2 Å². The molecule has 1 fully saturated rings. The minimum Gasteiger partial charge on any atom is -0.475 e. The van der Waals surface area contributed by atoms with E-state index in [2.05, 4.69) is 26.3 Å². The summed E-state index contributed by atoms with van der Waals surface area (Å²) in [5.74, 6) is 2.71. The molecule has 4 rings (SSSR count). The number of aromatic nitrogens is 4. The molecule has 0 aromatic carbocycles. The van der Waals surface area contributed by atoms with Crippen molar-refractivity contribution in [3.8, 4) is 11.6 Å². The molecule has 3 aromatic rings. The van der Waals surface area contributed by atoms with Gasteiger partial charge in [0.1, 0.15) is 18.0 Å². The van der Waals surface area contributed by atoms with Gasteiger partial charge in [-0.25, -0.2) is 4.98 Å². The fraction of sp³-hybridized carbons (Fsp3) is 0.316. The molecular formula is C19H21N5O. The molecule has 1 N–H and O–H groups in total. The summed E-state index contributed by atoms with van der Waals surface area (Å²) < 4.78 is 7.59. The normalized spacial score (nSPS) is 13.9. The van der Waals surface area contributed by atoms with Gasteiger partial charge in [-0.1, -0.05) is 6.07 Å². The summed E-state index contributed by atoms with van der Waals surface area (Å²) in [6.07, 6.45) is 10.2. The van der Waals surface area contributed by atoms with Crippen LogP contribution in [0, 0.1) is 0 Å². The molecular weight excluding hydrogens is 314 g/mol. The Kier molecular flexibility index (Phi) is 4.09. The van der Waals surface area contributed by atoms with Crippen LogP contribution in [0.25, 0.3) is 5.69 Å². The van der Waals surface area contributed by atoms with E-state index >= 15 is 0 Å². The van der Waals surface area contributed by atoms with E-state index < -0.39 is 0 Å². The number of nitrogens with one attached hydrogen (secondary N) is 1. The number of imidazole rings is 1. The van der Waals surface area contributed by atoms with Crippen molar-refractivity contribution >= 4 is 11.6 Å². The summed E-state index contributed by atoms with van der Waals surface area (Å²) in [6, 6.07) is 7.83. The number of ether oxygens (including phenoxy) is 1. The summed E-state index contributed by atoms with van der Waals surface area (Å²) in [5, 5.41) is 3.21. The molecule has 0 spiro atoms. The Hall–Kier alpha value is -2.89. The Labute approximate surface area is 146 Å². The van der Waals surface area contributed by atoms with E-state index in [0.717, 1.165) is 11.5 Å². The molecule has 6 heteroatoms. The molecule has 0 atom stereocenters. The Morgan fingerprint density at radius 2 is 2.08 bits per heavy atom. The summed E-state index contributed by atoms with van der Waals surface area (Å²) in [5.41, 5.74) is 2.33. The third-order valence-electron chi connectivity index (χ3n) is 4.01. The van der Waals surface area contributed by atoms with Crippen LogP contribution in [-0.4, -0.2) is 25.6 Å². The largest absolute Gasteiger partial charge is 0.475 e. The molecule has 0 aliphatic heterocycles. The molecule has 0 unspecified atom stereocenters. The highest BCUT2D eigenvalue weighted by molar-refractivity contribution is 5.52. The van der Waals surface area contributed by atoms with Crippen LogP contribution in [0.2, 0.25) is 0 Å². The van der Waals surface area contributed by atoms with Crippen molar-refractivity contribution in [2.24, 2.45) is 0 Å². The SMILES string of the molecule is CC(C)Oc1cccc(Nc2cn(-c3cncc(C4CC4)c3)cn2)n1. The fourth-order valence-corrected chi connectivity index (χ4v) is 2.68. The zero-order valence-corrected chi connectivity index (χ0v) is 14.4. The van der Waals surface area contributed by atoms with Crippen LogP contribution in [0.5, 0.6) is 5.88 Å². The number of pyridine rings is 2. The Morgan fingerprint density at radius 1 is 1.20 bits per heavy atom. The van der Waals surface area contributed by atoms with Crippen LogP contribution in [0.3, 0.4) is 0 Å². The molecule has 6 nitrogen and oxygen atoms in total. The van der Waals surface area contributed by atoms with Gasteiger partial charge in [0.25, 0.3) is 0 Å². The van der Waals surface area contributed by atoms with E-state index in [-0.39, 0.29) is 6.10 Å². The number of nitrogens with zero attached hydrogens (tertiary/aromatic N) is 4. The second-order valence-corrected chi connectivity index (χ2v) is 6.57. The molecule has 25 heavy (non-hydrogen) atoms. The van der Waals surface area contributed by atoms with Gasteiger partial charge in [0.05, 0.1) is 24.2 Å². The second kappa shape index (κ2) is 6.55. The van der Waals surface area contributed by atoms with Gasteiger partial charge in [0.15, 0.2) is 0 Å². The predicted octanol–water partition coefficient (Wildman–Crippen LogP) is 4.07. The van der Waals surface area contributed by atoms with Crippen LogP contribution in [0.1, 0.15) is 38.2 Å². The topological polar surface area (TPSA) is 64.9 Å². The number of hydrogen-bond donors (Lipinski definition) is 1. The first-order valence-corrected chi connectivity index (χ1v) is 8.57. The molecule has 0 bridgehead atoms. The zero-order valence-electron chi connectivity index (χ0n) is 14.4. The molecule has 3 aromatic heterocycles. The average molecular weight is 335 g/mol. The average Bonchev–Trinajstić information content (AvgIpc) is 3.35. The Morgan fingerprint density at radius 3 is 2.88 bits per heavy atom. The van der Waals surface area contributed by atoms with Crippen LogP contribution in [0.15, 0.2) is 49.2 Å². The van der Waals surface area contributed by atoms with Gasteiger partial charge in [-0.2, -0.15) is 4.98 Å². The molecule has 128 valence electrons. The third-order valence-corrected chi connectivity index (χ3v) is 4.01. The van der Waals surface area contributed by atoms with Gasteiger partial charge >= 0.3 is 0 Å². The van der Waals surface area contributed by atoms with Crippen LogP contribution >= 0.6 is 0 Å². The van der Waals surface area contributed by atoms with E-state index in [1.165, 1.54) is 18.4 Å². The first-order valence-electron chi connectivity index (χ1n) is 8.57.